The van der Waals surface area contributed by atoms with Crippen LogP contribution in [0.1, 0.15) is 427 Å². The van der Waals surface area contributed by atoms with Crippen LogP contribution in [-0.4, -0.2) is 96.7 Å². The molecule has 0 bridgehead atoms. The zero-order valence-electron chi connectivity index (χ0n) is 65.5. The number of phosphoric ester groups is 2. The molecule has 2 unspecified atom stereocenters. The van der Waals surface area contributed by atoms with Crippen molar-refractivity contribution in [1.29, 1.82) is 0 Å². The van der Waals surface area contributed by atoms with Gasteiger partial charge in [0.1, 0.15) is 19.3 Å². The molecule has 0 saturated carbocycles. The van der Waals surface area contributed by atoms with Crippen LogP contribution in [-0.2, 0) is 65.4 Å². The van der Waals surface area contributed by atoms with E-state index in [0.29, 0.717) is 25.7 Å². The standard InChI is InChI=1S/C81H158O17P2/c1-7-9-11-13-15-17-18-19-20-21-22-23-24-31-36-41-47-53-59-65-81(86)98-77(70-92-79(84)64-58-52-46-40-35-30-26-25-28-33-38-43-49-55-61-73(3)4)72-96-100(89,90)94-68-75(82)67-93-99(87,88)95-71-76(69-91-78(83)63-57-51-45-16-14-12-10-8-2)97-80(85)66-60-54-48-42-37-32-27-29-34-39-44-50-56-62-74(5)6/h73-77,82H,7-72H2,1-6H3,(H,87,88)(H,89,90)/t75-,76+,77+/m0/s1. The van der Waals surface area contributed by atoms with Crippen molar-refractivity contribution in [2.24, 2.45) is 11.8 Å². The maximum absolute atomic E-state index is 13.1. The highest BCUT2D eigenvalue weighted by Crippen LogP contribution is 2.45. The molecule has 0 rings (SSSR count). The Morgan fingerprint density at radius 1 is 0.270 bits per heavy atom. The molecule has 0 aromatic carbocycles. The van der Waals surface area contributed by atoms with Gasteiger partial charge in [-0.2, -0.15) is 0 Å². The molecule has 5 atom stereocenters. The summed E-state index contributed by atoms with van der Waals surface area (Å²) in [5.41, 5.74) is 0. The van der Waals surface area contributed by atoms with E-state index in [1.54, 1.807) is 0 Å². The smallest absolute Gasteiger partial charge is 0.462 e. The van der Waals surface area contributed by atoms with Gasteiger partial charge in [-0.1, -0.05) is 375 Å². The van der Waals surface area contributed by atoms with Crippen molar-refractivity contribution in [2.45, 2.75) is 445 Å². The first-order chi connectivity index (χ1) is 48.4. The van der Waals surface area contributed by atoms with E-state index in [2.05, 4.69) is 41.5 Å². The third kappa shape index (κ3) is 74.3. The van der Waals surface area contributed by atoms with Gasteiger partial charge in [0.05, 0.1) is 26.4 Å². The third-order valence-corrected chi connectivity index (χ3v) is 20.9. The van der Waals surface area contributed by atoms with Crippen LogP contribution in [0.15, 0.2) is 0 Å². The fraction of sp³-hybridized carbons (Fsp3) is 0.951. The molecule has 0 aliphatic carbocycles. The predicted octanol–water partition coefficient (Wildman–Crippen LogP) is 24.3. The Hall–Kier alpha value is -1.94. The van der Waals surface area contributed by atoms with Crippen molar-refractivity contribution < 1.29 is 80.2 Å². The molecule has 0 fully saturated rings. The zero-order chi connectivity index (χ0) is 73.5. The van der Waals surface area contributed by atoms with Gasteiger partial charge < -0.3 is 33.8 Å². The van der Waals surface area contributed by atoms with E-state index in [9.17, 15) is 43.2 Å². The van der Waals surface area contributed by atoms with Crippen molar-refractivity contribution in [3.8, 4) is 0 Å². The van der Waals surface area contributed by atoms with Gasteiger partial charge >= 0.3 is 39.5 Å². The lowest BCUT2D eigenvalue weighted by atomic mass is 10.0. The Kier molecular flexibility index (Phi) is 71.2. The van der Waals surface area contributed by atoms with Crippen LogP contribution in [0.5, 0.6) is 0 Å². The number of carbonyl (C=O) groups excluding carboxylic acids is 4. The van der Waals surface area contributed by atoms with Gasteiger partial charge in [0.25, 0.3) is 0 Å². The van der Waals surface area contributed by atoms with Crippen molar-refractivity contribution in [1.82, 2.24) is 0 Å². The average molecular weight is 1470 g/mol. The van der Waals surface area contributed by atoms with Crippen LogP contribution in [0.25, 0.3) is 0 Å². The van der Waals surface area contributed by atoms with Crippen molar-refractivity contribution in [3.05, 3.63) is 0 Å². The van der Waals surface area contributed by atoms with Crippen LogP contribution < -0.4 is 0 Å². The molecule has 0 aromatic rings. The molecule has 0 amide bonds. The number of hydrogen-bond acceptors (Lipinski definition) is 15. The summed E-state index contributed by atoms with van der Waals surface area (Å²) in [6.45, 7) is 9.65. The molecule has 0 aliphatic rings. The van der Waals surface area contributed by atoms with E-state index >= 15 is 0 Å². The lowest BCUT2D eigenvalue weighted by Crippen LogP contribution is -2.30. The molecular weight excluding hydrogens is 1310 g/mol. The maximum Gasteiger partial charge on any atom is 0.472 e. The van der Waals surface area contributed by atoms with Gasteiger partial charge in [-0.3, -0.25) is 37.3 Å². The summed E-state index contributed by atoms with van der Waals surface area (Å²) in [4.78, 5) is 72.9. The monoisotopic (exact) mass is 1470 g/mol. The van der Waals surface area contributed by atoms with Crippen molar-refractivity contribution >= 4 is 39.5 Å². The number of carbonyl (C=O) groups is 4. The molecule has 0 heterocycles. The first-order valence-electron chi connectivity index (χ1n) is 42.0. The highest BCUT2D eigenvalue weighted by atomic mass is 31.2. The molecule has 17 nitrogen and oxygen atoms in total. The minimum atomic E-state index is -4.96. The van der Waals surface area contributed by atoms with Crippen molar-refractivity contribution in [2.75, 3.05) is 39.6 Å². The van der Waals surface area contributed by atoms with E-state index in [1.165, 1.54) is 238 Å². The number of phosphoric acid groups is 2. The van der Waals surface area contributed by atoms with E-state index in [0.717, 1.165) is 108 Å². The number of hydrogen-bond donors (Lipinski definition) is 3. The summed E-state index contributed by atoms with van der Waals surface area (Å²) < 4.78 is 68.7. The number of esters is 4. The second-order valence-electron chi connectivity index (χ2n) is 30.1. The Bertz CT molecular complexity index is 1920. The number of ether oxygens (including phenoxy) is 4. The predicted molar refractivity (Wildman–Crippen MR) is 409 cm³/mol. The highest BCUT2D eigenvalue weighted by Gasteiger charge is 2.30. The lowest BCUT2D eigenvalue weighted by molar-refractivity contribution is -0.161. The summed E-state index contributed by atoms with van der Waals surface area (Å²) in [5, 5.41) is 10.6. The van der Waals surface area contributed by atoms with Gasteiger partial charge in [-0.05, 0) is 37.5 Å². The molecular formula is C81H158O17P2. The van der Waals surface area contributed by atoms with Gasteiger partial charge in [0, 0.05) is 25.7 Å². The topological polar surface area (TPSA) is 237 Å². The van der Waals surface area contributed by atoms with Crippen LogP contribution in [0.3, 0.4) is 0 Å². The number of aliphatic hydroxyl groups is 1. The van der Waals surface area contributed by atoms with E-state index < -0.39 is 97.5 Å². The molecule has 0 radical (unpaired) electrons. The minimum absolute atomic E-state index is 0.107. The first kappa shape index (κ1) is 98.1. The summed E-state index contributed by atoms with van der Waals surface area (Å²) in [7, 11) is -9.92. The first-order valence-corrected chi connectivity index (χ1v) is 45.0. The number of aliphatic hydroxyl groups excluding tert-OH is 1. The summed E-state index contributed by atoms with van der Waals surface area (Å²) in [5.74, 6) is -0.524. The maximum atomic E-state index is 13.1. The van der Waals surface area contributed by atoms with Gasteiger partial charge in [-0.25, -0.2) is 9.13 Å². The molecule has 0 aromatic heterocycles. The Labute approximate surface area is 613 Å². The summed E-state index contributed by atoms with van der Waals surface area (Å²) >= 11 is 0. The average Bonchev–Trinajstić information content (AvgIpc) is 0.911. The minimum Gasteiger partial charge on any atom is -0.462 e. The zero-order valence-corrected chi connectivity index (χ0v) is 67.3. The molecule has 100 heavy (non-hydrogen) atoms. The van der Waals surface area contributed by atoms with Crippen LogP contribution >= 0.6 is 15.6 Å². The SMILES string of the molecule is CCCCCCCCCCCCCCCCCCCCCC(=O)O[C@H](COC(=O)CCCCCCCCCCCCCCCCC(C)C)COP(=O)(O)OC[C@@H](O)COP(=O)(O)OC[C@@H](COC(=O)CCCCCCCCCC)OC(=O)CCCCCCCCCCCCCCCC(C)C. The van der Waals surface area contributed by atoms with Crippen LogP contribution in [0, 0.1) is 11.8 Å². The fourth-order valence-corrected chi connectivity index (χ4v) is 14.1. The van der Waals surface area contributed by atoms with Crippen LogP contribution in [0.4, 0.5) is 0 Å². The highest BCUT2D eigenvalue weighted by molar-refractivity contribution is 7.47. The quantitative estimate of drug-likeness (QED) is 0.0222. The molecule has 19 heteroatoms. The lowest BCUT2D eigenvalue weighted by Gasteiger charge is -2.21. The van der Waals surface area contributed by atoms with E-state index in [1.807, 2.05) is 0 Å². The normalized spacial score (nSPS) is 13.9. The second-order valence-corrected chi connectivity index (χ2v) is 33.0. The molecule has 0 spiro atoms. The number of unbranched alkanes of at least 4 members (excludes halogenated alkanes) is 50. The molecule has 594 valence electrons. The Morgan fingerprint density at radius 2 is 0.460 bits per heavy atom. The Balaban J connectivity index is 5.20. The Morgan fingerprint density at radius 3 is 0.680 bits per heavy atom. The number of rotatable bonds is 80. The van der Waals surface area contributed by atoms with Crippen molar-refractivity contribution in [3.63, 3.8) is 0 Å². The largest absolute Gasteiger partial charge is 0.472 e. The summed E-state index contributed by atoms with van der Waals surface area (Å²) in [6, 6.07) is 0. The van der Waals surface area contributed by atoms with Gasteiger partial charge in [-0.15, -0.1) is 0 Å². The van der Waals surface area contributed by atoms with Crippen LogP contribution in [0.2, 0.25) is 0 Å². The third-order valence-electron chi connectivity index (χ3n) is 19.0. The molecule has 0 saturated heterocycles. The molecule has 0 aliphatic heterocycles. The van der Waals surface area contributed by atoms with Gasteiger partial charge in [0.15, 0.2) is 12.2 Å². The van der Waals surface area contributed by atoms with E-state index in [4.69, 9.17) is 37.0 Å². The second kappa shape index (κ2) is 72.6. The summed E-state index contributed by atoms with van der Waals surface area (Å²) in [6.07, 6.45) is 62.5. The van der Waals surface area contributed by atoms with E-state index in [-0.39, 0.29) is 25.7 Å². The fourth-order valence-electron chi connectivity index (χ4n) is 12.5. The molecule has 3 N–H and O–H groups in total. The van der Waals surface area contributed by atoms with Gasteiger partial charge in [0.2, 0.25) is 0 Å².